The van der Waals surface area contributed by atoms with Gasteiger partial charge >= 0.3 is 0 Å². The summed E-state index contributed by atoms with van der Waals surface area (Å²) >= 11 is 3.73. The summed E-state index contributed by atoms with van der Waals surface area (Å²) in [5.74, 6) is 0. The molecule has 1 aromatic carbocycles. The summed E-state index contributed by atoms with van der Waals surface area (Å²) < 4.78 is 6.97. The second-order valence-corrected chi connectivity index (χ2v) is 7.91. The highest BCUT2D eigenvalue weighted by Crippen LogP contribution is 2.30. The molecule has 0 aromatic heterocycles. The molecule has 2 atom stereocenters. The molecule has 21 heavy (non-hydrogen) atoms. The van der Waals surface area contributed by atoms with Gasteiger partial charge in [0, 0.05) is 29.6 Å². The van der Waals surface area contributed by atoms with E-state index in [9.17, 15) is 0 Å². The number of nitrogens with zero attached hydrogens (tertiary/aromatic N) is 1. The molecule has 0 bridgehead atoms. The van der Waals surface area contributed by atoms with Crippen LogP contribution in [0.1, 0.15) is 40.2 Å². The highest BCUT2D eigenvalue weighted by atomic mass is 79.9. The van der Waals surface area contributed by atoms with Crippen molar-refractivity contribution in [3.05, 3.63) is 28.2 Å². The number of morpholine rings is 1. The molecule has 0 radical (unpaired) electrons. The molecular formula is C17H27BrN2O. The van der Waals surface area contributed by atoms with Crippen LogP contribution in [-0.4, -0.2) is 30.8 Å². The fourth-order valence-corrected chi connectivity index (χ4v) is 3.34. The molecule has 0 spiro atoms. The average molecular weight is 355 g/mol. The lowest BCUT2D eigenvalue weighted by Gasteiger charge is -2.37. The van der Waals surface area contributed by atoms with E-state index in [2.05, 4.69) is 79.0 Å². The molecule has 4 heteroatoms. The van der Waals surface area contributed by atoms with Crippen molar-refractivity contribution in [2.24, 2.45) is 0 Å². The summed E-state index contributed by atoms with van der Waals surface area (Å²) in [4.78, 5) is 2.41. The van der Waals surface area contributed by atoms with Crippen LogP contribution in [0.15, 0.2) is 22.7 Å². The lowest BCUT2D eigenvalue weighted by Crippen LogP contribution is -2.45. The van der Waals surface area contributed by atoms with Crippen molar-refractivity contribution >= 4 is 21.6 Å². The van der Waals surface area contributed by atoms with Crippen molar-refractivity contribution in [1.82, 2.24) is 5.32 Å². The predicted octanol–water partition coefficient (Wildman–Crippen LogP) is 3.95. The van der Waals surface area contributed by atoms with Crippen LogP contribution in [0, 0.1) is 0 Å². The van der Waals surface area contributed by atoms with Crippen molar-refractivity contribution in [3.8, 4) is 0 Å². The van der Waals surface area contributed by atoms with E-state index < -0.39 is 0 Å². The van der Waals surface area contributed by atoms with E-state index in [0.29, 0.717) is 0 Å². The van der Waals surface area contributed by atoms with E-state index >= 15 is 0 Å². The molecule has 1 N–H and O–H groups in total. The van der Waals surface area contributed by atoms with Crippen LogP contribution in [-0.2, 0) is 11.3 Å². The Morgan fingerprint density at radius 1 is 1.24 bits per heavy atom. The normalized spacial score (nSPS) is 23.4. The van der Waals surface area contributed by atoms with Crippen LogP contribution in [0.3, 0.4) is 0 Å². The predicted molar refractivity (Wildman–Crippen MR) is 93.0 cm³/mol. The third-order valence-electron chi connectivity index (χ3n) is 3.60. The standard InChI is InChI=1S/C17H27BrN2O/c1-12-10-20(11-13(2)21-12)16-7-6-14(8-15(16)18)9-19-17(3,4)5/h6-8,12-13,19H,9-11H2,1-5H3/t12-,13+. The summed E-state index contributed by atoms with van der Waals surface area (Å²) in [7, 11) is 0. The van der Waals surface area contributed by atoms with Crippen LogP contribution in [0.2, 0.25) is 0 Å². The Morgan fingerprint density at radius 3 is 2.38 bits per heavy atom. The zero-order valence-electron chi connectivity index (χ0n) is 13.7. The summed E-state index contributed by atoms with van der Waals surface area (Å²) in [5, 5.41) is 3.52. The van der Waals surface area contributed by atoms with Gasteiger partial charge in [0.1, 0.15) is 0 Å². The van der Waals surface area contributed by atoms with E-state index in [-0.39, 0.29) is 17.7 Å². The van der Waals surface area contributed by atoms with Crippen LogP contribution in [0.25, 0.3) is 0 Å². The number of hydrogen-bond acceptors (Lipinski definition) is 3. The van der Waals surface area contributed by atoms with Gasteiger partial charge in [-0.2, -0.15) is 0 Å². The minimum Gasteiger partial charge on any atom is -0.372 e. The molecule has 1 fully saturated rings. The van der Waals surface area contributed by atoms with Crippen molar-refractivity contribution in [2.45, 2.75) is 58.9 Å². The zero-order valence-corrected chi connectivity index (χ0v) is 15.3. The fraction of sp³-hybridized carbons (Fsp3) is 0.647. The maximum absolute atomic E-state index is 5.81. The van der Waals surface area contributed by atoms with E-state index in [1.54, 1.807) is 0 Å². The molecule has 3 nitrogen and oxygen atoms in total. The molecule has 0 unspecified atom stereocenters. The van der Waals surface area contributed by atoms with Gasteiger partial charge < -0.3 is 15.0 Å². The van der Waals surface area contributed by atoms with Crippen molar-refractivity contribution < 1.29 is 4.74 Å². The van der Waals surface area contributed by atoms with E-state index in [1.165, 1.54) is 11.3 Å². The minimum absolute atomic E-state index is 0.139. The maximum atomic E-state index is 5.81. The first-order chi connectivity index (χ1) is 9.74. The lowest BCUT2D eigenvalue weighted by molar-refractivity contribution is -0.00525. The quantitative estimate of drug-likeness (QED) is 0.889. The number of benzene rings is 1. The molecule has 0 aliphatic carbocycles. The molecular weight excluding hydrogens is 328 g/mol. The van der Waals surface area contributed by atoms with Gasteiger partial charge in [0.25, 0.3) is 0 Å². The first-order valence-corrected chi connectivity index (χ1v) is 8.48. The molecule has 1 heterocycles. The Labute approximate surface area is 137 Å². The molecule has 1 aromatic rings. The van der Waals surface area contributed by atoms with Gasteiger partial charge in [0.15, 0.2) is 0 Å². The van der Waals surface area contributed by atoms with Gasteiger partial charge in [0.2, 0.25) is 0 Å². The van der Waals surface area contributed by atoms with Crippen molar-refractivity contribution in [3.63, 3.8) is 0 Å². The largest absolute Gasteiger partial charge is 0.372 e. The number of rotatable bonds is 3. The Hall–Kier alpha value is -0.580. The van der Waals surface area contributed by atoms with Gasteiger partial charge in [-0.1, -0.05) is 6.07 Å². The van der Waals surface area contributed by atoms with E-state index in [0.717, 1.165) is 24.1 Å². The smallest absolute Gasteiger partial charge is 0.0726 e. The second-order valence-electron chi connectivity index (χ2n) is 7.05. The van der Waals surface area contributed by atoms with Crippen molar-refractivity contribution in [1.29, 1.82) is 0 Å². The average Bonchev–Trinajstić information content (AvgIpc) is 2.34. The molecule has 1 aliphatic rings. The fourth-order valence-electron chi connectivity index (χ4n) is 2.66. The summed E-state index contributed by atoms with van der Waals surface area (Å²) in [6.07, 6.45) is 0.561. The minimum atomic E-state index is 0.139. The van der Waals surface area contributed by atoms with Gasteiger partial charge in [0.05, 0.1) is 17.9 Å². The van der Waals surface area contributed by atoms with Crippen LogP contribution in [0.5, 0.6) is 0 Å². The molecule has 0 amide bonds. The van der Waals surface area contributed by atoms with Crippen molar-refractivity contribution in [2.75, 3.05) is 18.0 Å². The van der Waals surface area contributed by atoms with Gasteiger partial charge in [-0.3, -0.25) is 0 Å². The first kappa shape index (κ1) is 16.8. The SMILES string of the molecule is C[C@@H]1CN(c2ccc(CNC(C)(C)C)cc2Br)C[C@H](C)O1. The highest BCUT2D eigenvalue weighted by Gasteiger charge is 2.23. The molecule has 1 saturated heterocycles. The Morgan fingerprint density at radius 2 is 1.86 bits per heavy atom. The van der Waals surface area contributed by atoms with Crippen LogP contribution < -0.4 is 10.2 Å². The first-order valence-electron chi connectivity index (χ1n) is 7.68. The molecule has 0 saturated carbocycles. The Kier molecular flexibility index (Phi) is 5.33. The number of ether oxygens (including phenoxy) is 1. The third kappa shape index (κ3) is 4.97. The molecule has 118 valence electrons. The summed E-state index contributed by atoms with van der Waals surface area (Å²) in [6, 6.07) is 6.65. The summed E-state index contributed by atoms with van der Waals surface area (Å²) in [5.41, 5.74) is 2.70. The molecule has 2 rings (SSSR count). The van der Waals surface area contributed by atoms with E-state index in [1.807, 2.05) is 0 Å². The maximum Gasteiger partial charge on any atom is 0.0726 e. The number of anilines is 1. The van der Waals surface area contributed by atoms with Gasteiger partial charge in [-0.05, 0) is 68.2 Å². The van der Waals surface area contributed by atoms with Gasteiger partial charge in [-0.25, -0.2) is 0 Å². The van der Waals surface area contributed by atoms with E-state index in [4.69, 9.17) is 4.74 Å². The lowest BCUT2D eigenvalue weighted by atomic mass is 10.1. The Bertz CT molecular complexity index is 474. The number of halogens is 1. The Balaban J connectivity index is 2.08. The second kappa shape index (κ2) is 6.67. The number of nitrogens with one attached hydrogen (secondary N) is 1. The van der Waals surface area contributed by atoms with Gasteiger partial charge in [-0.15, -0.1) is 0 Å². The highest BCUT2D eigenvalue weighted by molar-refractivity contribution is 9.10. The monoisotopic (exact) mass is 354 g/mol. The molecule has 1 aliphatic heterocycles. The van der Waals surface area contributed by atoms with Crippen LogP contribution >= 0.6 is 15.9 Å². The third-order valence-corrected chi connectivity index (χ3v) is 4.23. The topological polar surface area (TPSA) is 24.5 Å². The number of hydrogen-bond donors (Lipinski definition) is 1. The summed E-state index contributed by atoms with van der Waals surface area (Å²) in [6.45, 7) is 13.6. The van der Waals surface area contributed by atoms with Crippen LogP contribution in [0.4, 0.5) is 5.69 Å². The zero-order chi connectivity index (χ0) is 15.6.